The second-order valence-corrected chi connectivity index (χ2v) is 6.49. The van der Waals surface area contributed by atoms with Gasteiger partial charge in [-0.2, -0.15) is 4.31 Å². The Balaban J connectivity index is 2.95. The molecule has 0 aliphatic carbocycles. The fourth-order valence-electron chi connectivity index (χ4n) is 1.26. The highest BCUT2D eigenvalue weighted by atomic mass is 79.9. The highest BCUT2D eigenvalue weighted by Gasteiger charge is 2.24. The van der Waals surface area contributed by atoms with E-state index < -0.39 is 10.0 Å². The summed E-state index contributed by atoms with van der Waals surface area (Å²) in [6, 6.07) is 1.44. The van der Waals surface area contributed by atoms with Crippen molar-refractivity contribution < 1.29 is 13.2 Å². The molecule has 0 aliphatic rings. The molecule has 8 heteroatoms. The Labute approximate surface area is 115 Å². The monoisotopic (exact) mass is 337 g/mol. The van der Waals surface area contributed by atoms with Gasteiger partial charge in [-0.25, -0.2) is 13.4 Å². The minimum absolute atomic E-state index is 0.00382. The number of rotatable bonds is 6. The lowest BCUT2D eigenvalue weighted by molar-refractivity contribution is 0.138. The Morgan fingerprint density at radius 3 is 2.83 bits per heavy atom. The van der Waals surface area contributed by atoms with Crippen molar-refractivity contribution in [2.45, 2.75) is 11.8 Å². The molecule has 18 heavy (non-hydrogen) atoms. The molecular weight excluding hydrogens is 322 g/mol. The maximum absolute atomic E-state index is 12.2. The molecule has 0 radical (unpaired) electrons. The first-order valence-electron chi connectivity index (χ1n) is 5.34. The van der Waals surface area contributed by atoms with Gasteiger partial charge in [0.1, 0.15) is 10.7 Å². The van der Waals surface area contributed by atoms with Gasteiger partial charge in [-0.05, 0) is 28.9 Å². The molecule has 0 aromatic carbocycles. The van der Waals surface area contributed by atoms with Crippen molar-refractivity contribution in [2.24, 2.45) is 0 Å². The Morgan fingerprint density at radius 2 is 2.22 bits per heavy atom. The lowest BCUT2D eigenvalue weighted by Crippen LogP contribution is -2.31. The van der Waals surface area contributed by atoms with Crippen LogP contribution in [0, 0.1) is 0 Å². The van der Waals surface area contributed by atoms with E-state index in [0.717, 1.165) is 0 Å². The number of anilines is 1. The fourth-order valence-corrected chi connectivity index (χ4v) is 2.99. The molecule has 102 valence electrons. The number of pyridine rings is 1. The molecule has 1 aromatic heterocycles. The zero-order chi connectivity index (χ0) is 13.8. The Morgan fingerprint density at radius 1 is 1.56 bits per heavy atom. The van der Waals surface area contributed by atoms with Gasteiger partial charge in [-0.15, -0.1) is 0 Å². The van der Waals surface area contributed by atoms with Crippen LogP contribution >= 0.6 is 15.9 Å². The lowest BCUT2D eigenvalue weighted by Gasteiger charge is -2.17. The van der Waals surface area contributed by atoms with E-state index in [4.69, 9.17) is 10.5 Å². The van der Waals surface area contributed by atoms with Crippen LogP contribution in [-0.2, 0) is 14.8 Å². The summed E-state index contributed by atoms with van der Waals surface area (Å²) in [6.45, 7) is 3.01. The molecule has 0 spiro atoms. The van der Waals surface area contributed by atoms with Crippen molar-refractivity contribution in [3.63, 3.8) is 0 Å². The summed E-state index contributed by atoms with van der Waals surface area (Å²) in [4.78, 5) is 3.81. The predicted octanol–water partition coefficient (Wildman–Crippen LogP) is 1.08. The van der Waals surface area contributed by atoms with Crippen LogP contribution in [0.4, 0.5) is 5.82 Å². The molecule has 2 N–H and O–H groups in total. The van der Waals surface area contributed by atoms with Crippen LogP contribution in [0.3, 0.4) is 0 Å². The van der Waals surface area contributed by atoms with Gasteiger partial charge < -0.3 is 10.5 Å². The second kappa shape index (κ2) is 6.46. The van der Waals surface area contributed by atoms with Crippen LogP contribution in [-0.4, -0.2) is 44.5 Å². The van der Waals surface area contributed by atoms with E-state index >= 15 is 0 Å². The van der Waals surface area contributed by atoms with Gasteiger partial charge in [-0.1, -0.05) is 0 Å². The number of hydrogen-bond donors (Lipinski definition) is 1. The summed E-state index contributed by atoms with van der Waals surface area (Å²) >= 11 is 3.18. The van der Waals surface area contributed by atoms with E-state index in [1.807, 2.05) is 6.92 Å². The summed E-state index contributed by atoms with van der Waals surface area (Å²) in [5, 5.41) is 0. The standard InChI is InChI=1S/C10H16BrN3O3S/c1-3-17-5-4-14(2)18(15,16)9-6-8(11)7-13-10(9)12/h6-7H,3-5H2,1-2H3,(H2,12,13). The van der Waals surface area contributed by atoms with E-state index in [9.17, 15) is 8.42 Å². The number of nitrogen functional groups attached to an aromatic ring is 1. The van der Waals surface area contributed by atoms with Gasteiger partial charge in [0.25, 0.3) is 0 Å². The van der Waals surface area contributed by atoms with Crippen LogP contribution in [0.2, 0.25) is 0 Å². The molecule has 0 saturated heterocycles. The molecule has 0 unspecified atom stereocenters. The van der Waals surface area contributed by atoms with Crippen molar-refractivity contribution >= 4 is 31.8 Å². The van der Waals surface area contributed by atoms with E-state index in [0.29, 0.717) is 17.7 Å². The van der Waals surface area contributed by atoms with Gasteiger partial charge >= 0.3 is 0 Å². The highest BCUT2D eigenvalue weighted by molar-refractivity contribution is 9.10. The first-order valence-corrected chi connectivity index (χ1v) is 7.58. The van der Waals surface area contributed by atoms with Crippen molar-refractivity contribution in [2.75, 3.05) is 32.5 Å². The van der Waals surface area contributed by atoms with Crippen molar-refractivity contribution in [3.05, 3.63) is 16.7 Å². The molecule has 6 nitrogen and oxygen atoms in total. The summed E-state index contributed by atoms with van der Waals surface area (Å²) in [7, 11) is -2.16. The molecule has 0 atom stereocenters. The minimum atomic E-state index is -3.64. The van der Waals surface area contributed by atoms with Gasteiger partial charge in [0.05, 0.1) is 6.61 Å². The zero-order valence-electron chi connectivity index (χ0n) is 10.3. The maximum atomic E-state index is 12.2. The van der Waals surface area contributed by atoms with Crippen LogP contribution in [0.1, 0.15) is 6.92 Å². The lowest BCUT2D eigenvalue weighted by atomic mass is 10.5. The van der Waals surface area contributed by atoms with E-state index in [-0.39, 0.29) is 17.3 Å². The molecule has 0 bridgehead atoms. The maximum Gasteiger partial charge on any atom is 0.246 e. The zero-order valence-corrected chi connectivity index (χ0v) is 12.7. The first-order chi connectivity index (χ1) is 8.39. The minimum Gasteiger partial charge on any atom is -0.383 e. The van der Waals surface area contributed by atoms with Crippen molar-refractivity contribution in [3.8, 4) is 0 Å². The van der Waals surface area contributed by atoms with Crippen LogP contribution < -0.4 is 5.73 Å². The number of sulfonamides is 1. The summed E-state index contributed by atoms with van der Waals surface area (Å²) < 4.78 is 31.3. The van der Waals surface area contributed by atoms with E-state index in [1.54, 1.807) is 0 Å². The molecule has 1 aromatic rings. The number of nitrogens with two attached hydrogens (primary N) is 1. The van der Waals surface area contributed by atoms with Crippen molar-refractivity contribution in [1.29, 1.82) is 0 Å². The molecule has 0 amide bonds. The van der Waals surface area contributed by atoms with E-state index in [1.165, 1.54) is 23.6 Å². The molecule has 1 rings (SSSR count). The van der Waals surface area contributed by atoms with Gasteiger partial charge in [0.2, 0.25) is 10.0 Å². The third-order valence-corrected chi connectivity index (χ3v) is 4.61. The number of aromatic nitrogens is 1. The average Bonchev–Trinajstić information content (AvgIpc) is 2.32. The number of halogens is 1. The fraction of sp³-hybridized carbons (Fsp3) is 0.500. The molecule has 0 aliphatic heterocycles. The van der Waals surface area contributed by atoms with Crippen LogP contribution in [0.5, 0.6) is 0 Å². The first kappa shape index (κ1) is 15.4. The van der Waals surface area contributed by atoms with Gasteiger partial charge in [0, 0.05) is 30.9 Å². The SMILES string of the molecule is CCOCCN(C)S(=O)(=O)c1cc(Br)cnc1N. The Bertz CT molecular complexity index is 507. The smallest absolute Gasteiger partial charge is 0.246 e. The normalized spacial score (nSPS) is 12.0. The number of hydrogen-bond acceptors (Lipinski definition) is 5. The summed E-state index contributed by atoms with van der Waals surface area (Å²) in [5.41, 5.74) is 5.60. The molecule has 0 fully saturated rings. The third-order valence-electron chi connectivity index (χ3n) is 2.29. The third kappa shape index (κ3) is 3.64. The van der Waals surface area contributed by atoms with Gasteiger partial charge in [-0.3, -0.25) is 0 Å². The molecular formula is C10H16BrN3O3S. The number of likely N-dealkylation sites (N-methyl/N-ethyl adjacent to an activating group) is 1. The summed E-state index contributed by atoms with van der Waals surface area (Å²) in [6.07, 6.45) is 1.45. The quantitative estimate of drug-likeness (QED) is 0.785. The largest absolute Gasteiger partial charge is 0.383 e. The van der Waals surface area contributed by atoms with Crippen molar-refractivity contribution in [1.82, 2.24) is 9.29 Å². The number of ether oxygens (including phenoxy) is 1. The van der Waals surface area contributed by atoms with E-state index in [2.05, 4.69) is 20.9 Å². The predicted molar refractivity (Wildman–Crippen MR) is 72.7 cm³/mol. The molecule has 1 heterocycles. The topological polar surface area (TPSA) is 85.5 Å². The average molecular weight is 338 g/mol. The summed E-state index contributed by atoms with van der Waals surface area (Å²) in [5.74, 6) is -0.0125. The van der Waals surface area contributed by atoms with Gasteiger partial charge in [0.15, 0.2) is 0 Å². The highest BCUT2D eigenvalue weighted by Crippen LogP contribution is 2.23. The number of nitrogens with zero attached hydrogens (tertiary/aromatic N) is 2. The van der Waals surface area contributed by atoms with Crippen LogP contribution in [0.15, 0.2) is 21.6 Å². The molecule has 0 saturated carbocycles. The Kier molecular flexibility index (Phi) is 5.51. The second-order valence-electron chi connectivity index (χ2n) is 3.56. The van der Waals surface area contributed by atoms with Crippen LogP contribution in [0.25, 0.3) is 0 Å². The Hall–Kier alpha value is -0.700.